The average Bonchev–Trinajstić information content (AvgIpc) is 2.38. The third kappa shape index (κ3) is 2.75. The topological polar surface area (TPSA) is 65.3 Å². The van der Waals surface area contributed by atoms with Crippen molar-refractivity contribution in [1.82, 2.24) is 4.98 Å². The van der Waals surface area contributed by atoms with E-state index >= 15 is 0 Å². The molecule has 0 radical (unpaired) electrons. The number of hydrogen-bond acceptors (Lipinski definition) is 4. The molecule has 5 nitrogen and oxygen atoms in total. The van der Waals surface area contributed by atoms with E-state index in [1.165, 1.54) is 6.07 Å². The molecule has 0 fully saturated rings. The van der Waals surface area contributed by atoms with E-state index in [2.05, 4.69) is 4.98 Å². The predicted octanol–water partition coefficient (Wildman–Crippen LogP) is 3.22. The molecule has 6 heteroatoms. The second kappa shape index (κ2) is 5.46. The first-order chi connectivity index (χ1) is 8.68. The van der Waals surface area contributed by atoms with Crippen LogP contribution in [0, 0.1) is 10.1 Å². The van der Waals surface area contributed by atoms with Crippen LogP contribution >= 0.6 is 11.6 Å². The van der Waals surface area contributed by atoms with Gasteiger partial charge in [0.1, 0.15) is 6.61 Å². The Morgan fingerprint density at radius 2 is 2.06 bits per heavy atom. The van der Waals surface area contributed by atoms with Gasteiger partial charge in [-0.2, -0.15) is 0 Å². The van der Waals surface area contributed by atoms with Crippen molar-refractivity contribution in [1.29, 1.82) is 0 Å². The Labute approximate surface area is 108 Å². The smallest absolute Gasteiger partial charge is 0.276 e. The number of halogens is 1. The van der Waals surface area contributed by atoms with Gasteiger partial charge >= 0.3 is 0 Å². The summed E-state index contributed by atoms with van der Waals surface area (Å²) in [6, 6.07) is 9.74. The number of hydrogen-bond donors (Lipinski definition) is 0. The van der Waals surface area contributed by atoms with Gasteiger partial charge in [-0.3, -0.25) is 10.1 Å². The standard InChI is InChI=1S/C12H9ClN2O3/c13-12-11(6-3-7-14-12)18-8-9-4-1-2-5-10(9)15(16)17/h1-7H,8H2. The first-order valence-electron chi connectivity index (χ1n) is 5.14. The van der Waals surface area contributed by atoms with Crippen molar-refractivity contribution in [2.75, 3.05) is 0 Å². The van der Waals surface area contributed by atoms with E-state index in [0.717, 1.165) is 0 Å². The van der Waals surface area contributed by atoms with Gasteiger partial charge in [-0.05, 0) is 18.2 Å². The van der Waals surface area contributed by atoms with Gasteiger partial charge in [0.05, 0.1) is 10.5 Å². The molecule has 18 heavy (non-hydrogen) atoms. The molecule has 1 heterocycles. The molecule has 2 rings (SSSR count). The lowest BCUT2D eigenvalue weighted by atomic mass is 10.2. The highest BCUT2D eigenvalue weighted by Gasteiger charge is 2.13. The van der Waals surface area contributed by atoms with Crippen molar-refractivity contribution in [3.8, 4) is 5.75 Å². The van der Waals surface area contributed by atoms with Crippen LogP contribution < -0.4 is 4.74 Å². The number of nitro benzene ring substituents is 1. The Morgan fingerprint density at radius 3 is 2.78 bits per heavy atom. The van der Waals surface area contributed by atoms with E-state index in [0.29, 0.717) is 11.3 Å². The van der Waals surface area contributed by atoms with Crippen LogP contribution in [0.5, 0.6) is 5.75 Å². The van der Waals surface area contributed by atoms with Gasteiger partial charge in [0.2, 0.25) is 0 Å². The highest BCUT2D eigenvalue weighted by molar-refractivity contribution is 6.30. The van der Waals surface area contributed by atoms with Gasteiger partial charge < -0.3 is 4.74 Å². The summed E-state index contributed by atoms with van der Waals surface area (Å²) in [5, 5.41) is 11.0. The van der Waals surface area contributed by atoms with E-state index in [9.17, 15) is 10.1 Å². The van der Waals surface area contributed by atoms with E-state index < -0.39 is 4.92 Å². The summed E-state index contributed by atoms with van der Waals surface area (Å²) in [4.78, 5) is 14.2. The molecule has 0 amide bonds. The van der Waals surface area contributed by atoms with Crippen molar-refractivity contribution in [2.45, 2.75) is 6.61 Å². The number of nitro groups is 1. The minimum atomic E-state index is -0.441. The van der Waals surface area contributed by atoms with E-state index in [1.807, 2.05) is 0 Å². The van der Waals surface area contributed by atoms with Crippen molar-refractivity contribution < 1.29 is 9.66 Å². The molecule has 92 valence electrons. The van der Waals surface area contributed by atoms with Gasteiger partial charge in [0, 0.05) is 12.3 Å². The zero-order chi connectivity index (χ0) is 13.0. The zero-order valence-electron chi connectivity index (χ0n) is 9.25. The number of para-hydroxylation sites is 1. The van der Waals surface area contributed by atoms with Crippen LogP contribution in [0.2, 0.25) is 5.15 Å². The molecule has 1 aromatic heterocycles. The van der Waals surface area contributed by atoms with Crippen LogP contribution in [0.3, 0.4) is 0 Å². The van der Waals surface area contributed by atoms with E-state index in [1.54, 1.807) is 36.5 Å². The van der Waals surface area contributed by atoms with E-state index in [4.69, 9.17) is 16.3 Å². The first-order valence-corrected chi connectivity index (χ1v) is 5.52. The third-order valence-corrected chi connectivity index (χ3v) is 2.58. The number of pyridine rings is 1. The molecule has 0 spiro atoms. The second-order valence-corrected chi connectivity index (χ2v) is 3.82. The number of nitrogens with zero attached hydrogens (tertiary/aromatic N) is 2. The average molecular weight is 265 g/mol. The summed E-state index contributed by atoms with van der Waals surface area (Å²) in [5.74, 6) is 0.400. The Morgan fingerprint density at radius 1 is 1.28 bits per heavy atom. The van der Waals surface area contributed by atoms with E-state index in [-0.39, 0.29) is 17.4 Å². The van der Waals surface area contributed by atoms with Crippen molar-refractivity contribution in [2.24, 2.45) is 0 Å². The Bertz CT molecular complexity index is 575. The maximum Gasteiger partial charge on any atom is 0.276 e. The molecule has 0 N–H and O–H groups in total. The number of benzene rings is 1. The molecule has 2 aromatic rings. The molecular formula is C12H9ClN2O3. The quantitative estimate of drug-likeness (QED) is 0.483. The molecule has 1 aromatic carbocycles. The predicted molar refractivity (Wildman–Crippen MR) is 66.7 cm³/mol. The van der Waals surface area contributed by atoms with Crippen LogP contribution in [0.1, 0.15) is 5.56 Å². The zero-order valence-corrected chi connectivity index (χ0v) is 10.0. The summed E-state index contributed by atoms with van der Waals surface area (Å²) < 4.78 is 5.41. The van der Waals surface area contributed by atoms with Crippen LogP contribution in [0.15, 0.2) is 42.6 Å². The minimum absolute atomic E-state index is 0.0255. The molecule has 0 saturated heterocycles. The van der Waals surface area contributed by atoms with Gasteiger partial charge in [0.15, 0.2) is 10.9 Å². The maximum atomic E-state index is 10.8. The fourth-order valence-electron chi connectivity index (χ4n) is 1.45. The minimum Gasteiger partial charge on any atom is -0.485 e. The fourth-order valence-corrected chi connectivity index (χ4v) is 1.62. The van der Waals surface area contributed by atoms with Crippen molar-refractivity contribution >= 4 is 17.3 Å². The van der Waals surface area contributed by atoms with Gasteiger partial charge in [-0.1, -0.05) is 23.7 Å². The summed E-state index contributed by atoms with van der Waals surface area (Å²) >= 11 is 5.82. The molecule has 0 aliphatic carbocycles. The monoisotopic (exact) mass is 264 g/mol. The molecule has 0 saturated carbocycles. The molecular weight excluding hydrogens is 256 g/mol. The number of aromatic nitrogens is 1. The highest BCUT2D eigenvalue weighted by Crippen LogP contribution is 2.24. The summed E-state index contributed by atoms with van der Waals surface area (Å²) in [7, 11) is 0. The van der Waals surface area contributed by atoms with Gasteiger partial charge in [-0.25, -0.2) is 4.98 Å². The largest absolute Gasteiger partial charge is 0.485 e. The summed E-state index contributed by atoms with van der Waals surface area (Å²) in [6.07, 6.45) is 1.54. The Kier molecular flexibility index (Phi) is 3.74. The van der Waals surface area contributed by atoms with Crippen LogP contribution in [0.25, 0.3) is 0 Å². The summed E-state index contributed by atoms with van der Waals surface area (Å²) in [6.45, 7) is 0.0720. The first kappa shape index (κ1) is 12.3. The highest BCUT2D eigenvalue weighted by atomic mass is 35.5. The van der Waals surface area contributed by atoms with Crippen LogP contribution in [-0.4, -0.2) is 9.91 Å². The number of ether oxygens (including phenoxy) is 1. The summed E-state index contributed by atoms with van der Waals surface area (Å²) in [5.41, 5.74) is 0.514. The molecule has 0 aliphatic heterocycles. The lowest BCUT2D eigenvalue weighted by Gasteiger charge is -2.07. The number of rotatable bonds is 4. The van der Waals surface area contributed by atoms with Crippen LogP contribution in [-0.2, 0) is 6.61 Å². The normalized spacial score (nSPS) is 10.1. The van der Waals surface area contributed by atoms with Gasteiger partial charge in [0.25, 0.3) is 5.69 Å². The van der Waals surface area contributed by atoms with Crippen LogP contribution in [0.4, 0.5) is 5.69 Å². The Hall–Kier alpha value is -2.14. The molecule has 0 aliphatic rings. The van der Waals surface area contributed by atoms with Crippen molar-refractivity contribution in [3.05, 3.63) is 63.4 Å². The van der Waals surface area contributed by atoms with Gasteiger partial charge in [-0.15, -0.1) is 0 Å². The Balaban J connectivity index is 2.16. The second-order valence-electron chi connectivity index (χ2n) is 3.47. The SMILES string of the molecule is O=[N+]([O-])c1ccccc1COc1cccnc1Cl. The molecule has 0 bridgehead atoms. The fraction of sp³-hybridized carbons (Fsp3) is 0.0833. The van der Waals surface area contributed by atoms with Crippen molar-refractivity contribution in [3.63, 3.8) is 0 Å². The lowest BCUT2D eigenvalue weighted by molar-refractivity contribution is -0.385. The molecule has 0 unspecified atom stereocenters. The third-order valence-electron chi connectivity index (χ3n) is 2.30. The lowest BCUT2D eigenvalue weighted by Crippen LogP contribution is -2.00. The molecule has 0 atom stereocenters. The maximum absolute atomic E-state index is 10.8.